The second kappa shape index (κ2) is 7.26. The van der Waals surface area contributed by atoms with E-state index in [1.165, 1.54) is 24.8 Å². The smallest absolute Gasteiger partial charge is 0.320 e. The highest BCUT2D eigenvalue weighted by molar-refractivity contribution is 5.71. The monoisotopic (exact) mass is 279 g/mol. The average Bonchev–Trinajstić information content (AvgIpc) is 2.38. The Morgan fingerprint density at radius 1 is 1.30 bits per heavy atom. The van der Waals surface area contributed by atoms with Crippen LogP contribution in [0.2, 0.25) is 0 Å². The van der Waals surface area contributed by atoms with E-state index in [4.69, 9.17) is 4.74 Å². The number of allylic oxidation sites excluding steroid dienone is 2. The van der Waals surface area contributed by atoms with Gasteiger partial charge in [-0.1, -0.05) is 31.9 Å². The van der Waals surface area contributed by atoms with Gasteiger partial charge in [0.1, 0.15) is 0 Å². The Balaban J connectivity index is 1.75. The zero-order valence-electron chi connectivity index (χ0n) is 13.2. The van der Waals surface area contributed by atoms with Crippen molar-refractivity contribution in [2.45, 2.75) is 46.5 Å². The lowest BCUT2D eigenvalue weighted by atomic mass is 9.75. The molecular weight excluding hydrogens is 250 g/mol. The summed E-state index contributed by atoms with van der Waals surface area (Å²) in [5.74, 6) is 1.56. The highest BCUT2D eigenvalue weighted by atomic mass is 16.5. The molecule has 2 aliphatic rings. The standard InChI is InChI=1S/C17H29NO2/c1-13-9-14(2)16(15(3)10-13)12-20-17(19)11-18-7-5-4-6-8-18/h9,14-16H,4-8,10-12H2,1-3H3/t14-,15-,16-/m0/s1. The van der Waals surface area contributed by atoms with Crippen LogP contribution in [-0.2, 0) is 9.53 Å². The number of hydrogen-bond acceptors (Lipinski definition) is 3. The SMILES string of the molecule is CC1=C[C@H](C)[C@H](COC(=O)CN2CCCCC2)[C@@H](C)C1. The van der Waals surface area contributed by atoms with Gasteiger partial charge in [-0.3, -0.25) is 9.69 Å². The van der Waals surface area contributed by atoms with E-state index in [-0.39, 0.29) is 5.97 Å². The number of likely N-dealkylation sites (tertiary alicyclic amines) is 1. The summed E-state index contributed by atoms with van der Waals surface area (Å²) in [5, 5.41) is 0. The number of ether oxygens (including phenoxy) is 1. The molecule has 0 spiro atoms. The molecule has 1 aliphatic carbocycles. The van der Waals surface area contributed by atoms with Crippen molar-refractivity contribution in [2.75, 3.05) is 26.2 Å². The third kappa shape index (κ3) is 4.34. The molecule has 1 heterocycles. The number of piperidine rings is 1. The quantitative estimate of drug-likeness (QED) is 0.584. The van der Waals surface area contributed by atoms with Gasteiger partial charge in [0, 0.05) is 5.92 Å². The normalized spacial score (nSPS) is 31.8. The van der Waals surface area contributed by atoms with E-state index >= 15 is 0 Å². The van der Waals surface area contributed by atoms with Gasteiger partial charge in [0.15, 0.2) is 0 Å². The minimum absolute atomic E-state index is 0.0439. The van der Waals surface area contributed by atoms with Gasteiger partial charge >= 0.3 is 5.97 Å². The van der Waals surface area contributed by atoms with Crippen molar-refractivity contribution in [1.29, 1.82) is 0 Å². The summed E-state index contributed by atoms with van der Waals surface area (Å²) in [6.45, 7) is 9.87. The molecule has 0 bridgehead atoms. The van der Waals surface area contributed by atoms with E-state index in [1.807, 2.05) is 0 Å². The number of carbonyl (C=O) groups is 1. The van der Waals surface area contributed by atoms with E-state index in [2.05, 4.69) is 31.7 Å². The van der Waals surface area contributed by atoms with Crippen molar-refractivity contribution in [3.8, 4) is 0 Å². The first-order chi connectivity index (χ1) is 9.56. The molecule has 0 aromatic heterocycles. The van der Waals surface area contributed by atoms with Gasteiger partial charge in [0.2, 0.25) is 0 Å². The number of esters is 1. The lowest BCUT2D eigenvalue weighted by molar-refractivity contribution is -0.147. The van der Waals surface area contributed by atoms with Crippen LogP contribution in [-0.4, -0.2) is 37.1 Å². The van der Waals surface area contributed by atoms with Crippen molar-refractivity contribution < 1.29 is 9.53 Å². The van der Waals surface area contributed by atoms with E-state index in [1.54, 1.807) is 0 Å². The molecule has 0 unspecified atom stereocenters. The molecule has 114 valence electrons. The van der Waals surface area contributed by atoms with Gasteiger partial charge in [-0.25, -0.2) is 0 Å². The number of rotatable bonds is 4. The molecule has 0 aromatic carbocycles. The summed E-state index contributed by atoms with van der Waals surface area (Å²) in [7, 11) is 0. The minimum atomic E-state index is -0.0439. The molecule has 0 amide bonds. The molecule has 1 saturated heterocycles. The van der Waals surface area contributed by atoms with Crippen LogP contribution in [0.4, 0.5) is 0 Å². The molecule has 3 atom stereocenters. The van der Waals surface area contributed by atoms with E-state index in [9.17, 15) is 4.79 Å². The molecule has 2 rings (SSSR count). The molecule has 0 N–H and O–H groups in total. The van der Waals surface area contributed by atoms with E-state index in [0.717, 1.165) is 19.5 Å². The molecule has 0 aromatic rings. The first kappa shape index (κ1) is 15.6. The summed E-state index contributed by atoms with van der Waals surface area (Å²) in [4.78, 5) is 14.2. The Morgan fingerprint density at radius 2 is 2.00 bits per heavy atom. The maximum Gasteiger partial charge on any atom is 0.320 e. The van der Waals surface area contributed by atoms with Crippen molar-refractivity contribution in [1.82, 2.24) is 4.90 Å². The van der Waals surface area contributed by atoms with Gasteiger partial charge in [0.25, 0.3) is 0 Å². The fourth-order valence-electron chi connectivity index (χ4n) is 3.67. The summed E-state index contributed by atoms with van der Waals surface area (Å²) < 4.78 is 5.55. The van der Waals surface area contributed by atoms with Crippen molar-refractivity contribution in [3.63, 3.8) is 0 Å². The topological polar surface area (TPSA) is 29.5 Å². The maximum absolute atomic E-state index is 12.0. The molecular formula is C17H29NO2. The summed E-state index contributed by atoms with van der Waals surface area (Å²) in [6.07, 6.45) is 7.21. The highest BCUT2D eigenvalue weighted by Crippen LogP contribution is 2.33. The molecule has 3 nitrogen and oxygen atoms in total. The zero-order chi connectivity index (χ0) is 14.5. The Hall–Kier alpha value is -0.830. The van der Waals surface area contributed by atoms with Crippen molar-refractivity contribution in [2.24, 2.45) is 17.8 Å². The number of hydrogen-bond donors (Lipinski definition) is 0. The summed E-state index contributed by atoms with van der Waals surface area (Å²) in [6, 6.07) is 0. The average molecular weight is 279 g/mol. The Morgan fingerprint density at radius 3 is 2.65 bits per heavy atom. The fourth-order valence-corrected chi connectivity index (χ4v) is 3.67. The fraction of sp³-hybridized carbons (Fsp3) is 0.824. The third-order valence-electron chi connectivity index (χ3n) is 4.84. The van der Waals surface area contributed by atoms with Gasteiger partial charge in [-0.2, -0.15) is 0 Å². The molecule has 1 fully saturated rings. The van der Waals surface area contributed by atoms with Gasteiger partial charge < -0.3 is 4.74 Å². The molecule has 1 aliphatic heterocycles. The Labute approximate surface area is 123 Å². The minimum Gasteiger partial charge on any atom is -0.464 e. The molecule has 20 heavy (non-hydrogen) atoms. The van der Waals surface area contributed by atoms with Crippen LogP contribution >= 0.6 is 0 Å². The largest absolute Gasteiger partial charge is 0.464 e. The van der Waals surface area contributed by atoms with E-state index < -0.39 is 0 Å². The Bertz CT molecular complexity index is 358. The van der Waals surface area contributed by atoms with Crippen LogP contribution in [0.25, 0.3) is 0 Å². The molecule has 0 saturated carbocycles. The summed E-state index contributed by atoms with van der Waals surface area (Å²) in [5.41, 5.74) is 1.47. The maximum atomic E-state index is 12.0. The third-order valence-corrected chi connectivity index (χ3v) is 4.84. The first-order valence-corrected chi connectivity index (χ1v) is 8.11. The van der Waals surface area contributed by atoms with Crippen molar-refractivity contribution in [3.05, 3.63) is 11.6 Å². The summed E-state index contributed by atoms with van der Waals surface area (Å²) >= 11 is 0. The molecule has 0 radical (unpaired) electrons. The van der Waals surface area contributed by atoms with Gasteiger partial charge in [-0.05, 0) is 51.1 Å². The lowest BCUT2D eigenvalue weighted by Crippen LogP contribution is -2.36. The van der Waals surface area contributed by atoms with Crippen LogP contribution in [0.1, 0.15) is 46.5 Å². The predicted octanol–water partition coefficient (Wildman–Crippen LogP) is 3.25. The predicted molar refractivity (Wildman–Crippen MR) is 81.4 cm³/mol. The lowest BCUT2D eigenvalue weighted by Gasteiger charge is -2.33. The number of carbonyl (C=O) groups excluding carboxylic acids is 1. The van der Waals surface area contributed by atoms with Gasteiger partial charge in [-0.15, -0.1) is 0 Å². The second-order valence-electron chi connectivity index (χ2n) is 6.74. The Kier molecular flexibility index (Phi) is 5.64. The van der Waals surface area contributed by atoms with E-state index in [0.29, 0.717) is 30.9 Å². The first-order valence-electron chi connectivity index (χ1n) is 8.11. The second-order valence-corrected chi connectivity index (χ2v) is 6.74. The molecule has 3 heteroatoms. The van der Waals surface area contributed by atoms with Crippen molar-refractivity contribution >= 4 is 5.97 Å². The van der Waals surface area contributed by atoms with Crippen LogP contribution in [0.15, 0.2) is 11.6 Å². The van der Waals surface area contributed by atoms with Crippen LogP contribution in [0.5, 0.6) is 0 Å². The van der Waals surface area contributed by atoms with Crippen LogP contribution in [0.3, 0.4) is 0 Å². The number of nitrogens with zero attached hydrogens (tertiary/aromatic N) is 1. The van der Waals surface area contributed by atoms with Crippen LogP contribution < -0.4 is 0 Å². The zero-order valence-corrected chi connectivity index (χ0v) is 13.2. The van der Waals surface area contributed by atoms with Crippen LogP contribution in [0, 0.1) is 17.8 Å². The highest BCUT2D eigenvalue weighted by Gasteiger charge is 2.28. The van der Waals surface area contributed by atoms with Gasteiger partial charge in [0.05, 0.1) is 13.2 Å².